The Morgan fingerprint density at radius 3 is 3.16 bits per heavy atom. The monoisotopic (exact) mass is 278 g/mol. The number of oxazole rings is 1. The van der Waals surface area contributed by atoms with Crippen LogP contribution in [-0.2, 0) is 4.74 Å². The van der Waals surface area contributed by atoms with E-state index in [-0.39, 0.29) is 0 Å². The lowest BCUT2D eigenvalue weighted by Gasteiger charge is -2.07. The van der Waals surface area contributed by atoms with Gasteiger partial charge in [0.2, 0.25) is 0 Å². The van der Waals surface area contributed by atoms with Gasteiger partial charge in [-0.05, 0) is 24.5 Å². The third-order valence-corrected chi connectivity index (χ3v) is 4.07. The van der Waals surface area contributed by atoms with Crippen LogP contribution >= 0.6 is 11.8 Å². The van der Waals surface area contributed by atoms with E-state index in [2.05, 4.69) is 10.3 Å². The number of nitrogens with zero attached hydrogens (tertiary/aromatic N) is 1. The number of nitrogens with one attached hydrogen (secondary N) is 1. The molecule has 0 bridgehead atoms. The van der Waals surface area contributed by atoms with Crippen molar-refractivity contribution < 1.29 is 9.15 Å². The minimum atomic E-state index is 0.689. The van der Waals surface area contributed by atoms with Gasteiger partial charge in [-0.3, -0.25) is 0 Å². The van der Waals surface area contributed by atoms with Crippen LogP contribution in [0.15, 0.2) is 33.9 Å². The zero-order valence-corrected chi connectivity index (χ0v) is 11.6. The molecule has 1 aliphatic rings. The van der Waals surface area contributed by atoms with Crippen LogP contribution < -0.4 is 5.32 Å². The van der Waals surface area contributed by atoms with Crippen molar-refractivity contribution in [3.8, 4) is 0 Å². The van der Waals surface area contributed by atoms with Gasteiger partial charge in [0.05, 0.1) is 6.61 Å². The fourth-order valence-corrected chi connectivity index (χ4v) is 2.91. The molecule has 102 valence electrons. The Kier molecular flexibility index (Phi) is 4.37. The van der Waals surface area contributed by atoms with Crippen LogP contribution in [0.1, 0.15) is 6.42 Å². The number of ether oxygens (including phenoxy) is 1. The van der Waals surface area contributed by atoms with Crippen molar-refractivity contribution in [1.29, 1.82) is 0 Å². The maximum absolute atomic E-state index is 5.65. The molecule has 4 nitrogen and oxygen atoms in total. The Labute approximate surface area is 116 Å². The summed E-state index contributed by atoms with van der Waals surface area (Å²) in [4.78, 5) is 4.44. The van der Waals surface area contributed by atoms with Gasteiger partial charge in [0.15, 0.2) is 5.58 Å². The van der Waals surface area contributed by atoms with Crippen molar-refractivity contribution in [2.24, 2.45) is 5.92 Å². The van der Waals surface area contributed by atoms with Crippen molar-refractivity contribution >= 4 is 22.9 Å². The number of benzene rings is 1. The Morgan fingerprint density at radius 1 is 1.37 bits per heavy atom. The topological polar surface area (TPSA) is 47.3 Å². The molecule has 1 aromatic heterocycles. The molecule has 0 saturated carbocycles. The van der Waals surface area contributed by atoms with E-state index in [9.17, 15) is 0 Å². The molecule has 5 heteroatoms. The van der Waals surface area contributed by atoms with Crippen molar-refractivity contribution in [2.75, 3.05) is 32.1 Å². The first-order valence-corrected chi connectivity index (χ1v) is 7.67. The summed E-state index contributed by atoms with van der Waals surface area (Å²) >= 11 is 1.66. The number of hydrogen-bond acceptors (Lipinski definition) is 5. The lowest BCUT2D eigenvalue weighted by Crippen LogP contribution is -2.25. The fraction of sp³-hybridized carbons (Fsp3) is 0.500. The van der Waals surface area contributed by atoms with E-state index >= 15 is 0 Å². The average Bonchev–Trinajstić information content (AvgIpc) is 3.06. The highest BCUT2D eigenvalue weighted by atomic mass is 32.2. The van der Waals surface area contributed by atoms with E-state index < -0.39 is 0 Å². The minimum absolute atomic E-state index is 0.689. The first-order chi connectivity index (χ1) is 9.42. The molecule has 0 spiro atoms. The Hall–Kier alpha value is -1.04. The lowest BCUT2D eigenvalue weighted by molar-refractivity contribution is 0.185. The van der Waals surface area contributed by atoms with Gasteiger partial charge in [0.25, 0.3) is 5.22 Å². The molecule has 1 unspecified atom stereocenters. The molecule has 2 heterocycles. The van der Waals surface area contributed by atoms with Crippen LogP contribution in [0.4, 0.5) is 0 Å². The highest BCUT2D eigenvalue weighted by molar-refractivity contribution is 7.99. The van der Waals surface area contributed by atoms with Gasteiger partial charge in [-0.2, -0.15) is 0 Å². The Balaban J connectivity index is 1.39. The SMILES string of the molecule is c1ccc2oc(SCCNCC3CCOC3)nc2c1. The summed E-state index contributed by atoms with van der Waals surface area (Å²) in [5, 5.41) is 4.22. The van der Waals surface area contributed by atoms with Crippen LogP contribution in [0.25, 0.3) is 11.1 Å². The third-order valence-electron chi connectivity index (χ3n) is 3.24. The second-order valence-electron chi connectivity index (χ2n) is 4.73. The molecule has 19 heavy (non-hydrogen) atoms. The van der Waals surface area contributed by atoms with E-state index in [1.54, 1.807) is 11.8 Å². The van der Waals surface area contributed by atoms with E-state index in [1.807, 2.05) is 24.3 Å². The average molecular weight is 278 g/mol. The number of thioether (sulfide) groups is 1. The molecule has 0 amide bonds. The van der Waals surface area contributed by atoms with Crippen LogP contribution in [0.3, 0.4) is 0 Å². The van der Waals surface area contributed by atoms with Crippen molar-refractivity contribution in [2.45, 2.75) is 11.6 Å². The molecule has 3 rings (SSSR count). The van der Waals surface area contributed by atoms with Gasteiger partial charge in [-0.25, -0.2) is 4.98 Å². The molecule has 1 fully saturated rings. The number of fused-ring (bicyclic) bond motifs is 1. The zero-order valence-electron chi connectivity index (χ0n) is 10.8. The second-order valence-corrected chi connectivity index (χ2v) is 5.78. The first kappa shape index (κ1) is 13.0. The summed E-state index contributed by atoms with van der Waals surface area (Å²) in [5.74, 6) is 1.66. The quantitative estimate of drug-likeness (QED) is 0.650. The minimum Gasteiger partial charge on any atom is -0.431 e. The maximum atomic E-state index is 5.65. The van der Waals surface area contributed by atoms with Gasteiger partial charge in [-0.15, -0.1) is 0 Å². The van der Waals surface area contributed by atoms with E-state index in [4.69, 9.17) is 9.15 Å². The highest BCUT2D eigenvalue weighted by Gasteiger charge is 2.14. The summed E-state index contributed by atoms with van der Waals surface area (Å²) < 4.78 is 11.0. The first-order valence-electron chi connectivity index (χ1n) is 6.68. The van der Waals surface area contributed by atoms with Crippen LogP contribution in [0, 0.1) is 5.92 Å². The predicted molar refractivity (Wildman–Crippen MR) is 76.5 cm³/mol. The van der Waals surface area contributed by atoms with E-state index in [0.29, 0.717) is 5.92 Å². The normalized spacial score (nSPS) is 19.3. The summed E-state index contributed by atoms with van der Waals surface area (Å²) in [6.45, 7) is 3.85. The van der Waals surface area contributed by atoms with Gasteiger partial charge < -0.3 is 14.5 Å². The number of para-hydroxylation sites is 2. The summed E-state index contributed by atoms with van der Waals surface area (Å²) in [5.41, 5.74) is 1.79. The molecule has 1 N–H and O–H groups in total. The van der Waals surface area contributed by atoms with Crippen LogP contribution in [0.2, 0.25) is 0 Å². The standard InChI is InChI=1S/C14H18N2O2S/c1-2-4-13-12(3-1)16-14(18-13)19-8-6-15-9-11-5-7-17-10-11/h1-4,11,15H,5-10H2. The second kappa shape index (κ2) is 6.41. The van der Waals surface area contributed by atoms with Gasteiger partial charge in [0, 0.05) is 25.4 Å². The lowest BCUT2D eigenvalue weighted by atomic mass is 10.1. The Bertz CT molecular complexity index is 490. The number of rotatable bonds is 6. The molecule has 0 radical (unpaired) electrons. The molecular weight excluding hydrogens is 260 g/mol. The molecule has 0 aliphatic carbocycles. The molecular formula is C14H18N2O2S. The Morgan fingerprint density at radius 2 is 2.32 bits per heavy atom. The van der Waals surface area contributed by atoms with E-state index in [0.717, 1.165) is 48.4 Å². The molecule has 1 aliphatic heterocycles. The van der Waals surface area contributed by atoms with E-state index in [1.165, 1.54) is 6.42 Å². The number of hydrogen-bond donors (Lipinski definition) is 1. The zero-order chi connectivity index (χ0) is 12.9. The largest absolute Gasteiger partial charge is 0.431 e. The smallest absolute Gasteiger partial charge is 0.256 e. The molecule has 1 atom stereocenters. The summed E-state index contributed by atoms with van der Waals surface area (Å²) in [7, 11) is 0. The van der Waals surface area contributed by atoms with Crippen LogP contribution in [-0.4, -0.2) is 37.0 Å². The van der Waals surface area contributed by atoms with Crippen molar-refractivity contribution in [3.63, 3.8) is 0 Å². The fourth-order valence-electron chi connectivity index (χ4n) is 2.17. The maximum Gasteiger partial charge on any atom is 0.256 e. The van der Waals surface area contributed by atoms with Crippen molar-refractivity contribution in [1.82, 2.24) is 10.3 Å². The highest BCUT2D eigenvalue weighted by Crippen LogP contribution is 2.22. The molecule has 1 aromatic carbocycles. The van der Waals surface area contributed by atoms with Gasteiger partial charge in [0.1, 0.15) is 5.52 Å². The molecule has 1 saturated heterocycles. The third kappa shape index (κ3) is 3.49. The van der Waals surface area contributed by atoms with Crippen LogP contribution in [0.5, 0.6) is 0 Å². The summed E-state index contributed by atoms with van der Waals surface area (Å²) in [6.07, 6.45) is 1.19. The summed E-state index contributed by atoms with van der Waals surface area (Å²) in [6, 6.07) is 7.86. The van der Waals surface area contributed by atoms with Gasteiger partial charge in [-0.1, -0.05) is 23.9 Å². The van der Waals surface area contributed by atoms with Crippen molar-refractivity contribution in [3.05, 3.63) is 24.3 Å². The molecule has 2 aromatic rings. The number of aromatic nitrogens is 1. The van der Waals surface area contributed by atoms with Gasteiger partial charge >= 0.3 is 0 Å². The predicted octanol–water partition coefficient (Wildman–Crippen LogP) is 2.55.